The standard InChI is InChI=1S/C14H21N5S2/c1-10-5-6-12(21-10)8-17-13(15-2)16-7-11-9-20-14(18-11)19(3)4/h5-6,9H,7-8H2,1-4H3,(H2,15,16,17). The van der Waals surface area contributed by atoms with Gasteiger partial charge in [0.25, 0.3) is 0 Å². The van der Waals surface area contributed by atoms with Gasteiger partial charge in [-0.25, -0.2) is 4.98 Å². The van der Waals surface area contributed by atoms with Gasteiger partial charge in [-0.2, -0.15) is 0 Å². The van der Waals surface area contributed by atoms with Crippen LogP contribution in [0.25, 0.3) is 0 Å². The van der Waals surface area contributed by atoms with Gasteiger partial charge in [0.1, 0.15) is 0 Å². The Morgan fingerprint density at radius 1 is 1.29 bits per heavy atom. The van der Waals surface area contributed by atoms with E-state index in [1.807, 2.05) is 19.0 Å². The van der Waals surface area contributed by atoms with Crippen LogP contribution in [0.2, 0.25) is 0 Å². The minimum atomic E-state index is 0.674. The van der Waals surface area contributed by atoms with Crippen molar-refractivity contribution in [3.8, 4) is 0 Å². The Morgan fingerprint density at radius 3 is 2.62 bits per heavy atom. The molecule has 2 heterocycles. The number of guanidine groups is 1. The zero-order valence-corrected chi connectivity index (χ0v) is 14.4. The highest BCUT2D eigenvalue weighted by Crippen LogP contribution is 2.17. The molecule has 0 spiro atoms. The molecule has 7 heteroatoms. The fourth-order valence-electron chi connectivity index (χ4n) is 1.73. The molecule has 0 fully saturated rings. The second-order valence-corrected chi connectivity index (χ2v) is 7.02. The minimum absolute atomic E-state index is 0.674. The SMILES string of the molecule is CN=C(NCc1csc(N(C)C)n1)NCc1ccc(C)s1. The molecule has 0 radical (unpaired) electrons. The zero-order chi connectivity index (χ0) is 15.2. The van der Waals surface area contributed by atoms with E-state index in [1.54, 1.807) is 29.7 Å². The van der Waals surface area contributed by atoms with Crippen molar-refractivity contribution in [3.05, 3.63) is 33.0 Å². The van der Waals surface area contributed by atoms with Gasteiger partial charge in [-0.1, -0.05) is 0 Å². The zero-order valence-electron chi connectivity index (χ0n) is 12.8. The van der Waals surface area contributed by atoms with Gasteiger partial charge >= 0.3 is 0 Å². The molecule has 0 bridgehead atoms. The molecule has 0 aliphatic heterocycles. The average Bonchev–Trinajstić information content (AvgIpc) is 3.08. The maximum absolute atomic E-state index is 4.54. The summed E-state index contributed by atoms with van der Waals surface area (Å²) in [7, 11) is 5.78. The van der Waals surface area contributed by atoms with Crippen LogP contribution in [-0.4, -0.2) is 32.1 Å². The van der Waals surface area contributed by atoms with E-state index in [0.717, 1.165) is 23.3 Å². The molecule has 0 atom stereocenters. The Labute approximate surface area is 133 Å². The van der Waals surface area contributed by atoms with Gasteiger partial charge < -0.3 is 15.5 Å². The summed E-state index contributed by atoms with van der Waals surface area (Å²) >= 11 is 3.45. The van der Waals surface area contributed by atoms with Gasteiger partial charge in [0.2, 0.25) is 0 Å². The van der Waals surface area contributed by atoms with Crippen LogP contribution < -0.4 is 15.5 Å². The summed E-state index contributed by atoms with van der Waals surface area (Å²) in [5, 5.41) is 9.68. The van der Waals surface area contributed by atoms with E-state index in [1.165, 1.54) is 9.75 Å². The maximum atomic E-state index is 4.54. The number of nitrogens with zero attached hydrogens (tertiary/aromatic N) is 3. The summed E-state index contributed by atoms with van der Waals surface area (Å²) in [6.45, 7) is 3.58. The molecular weight excluding hydrogens is 302 g/mol. The van der Waals surface area contributed by atoms with E-state index < -0.39 is 0 Å². The number of aliphatic imine (C=N–C) groups is 1. The Morgan fingerprint density at radius 2 is 2.05 bits per heavy atom. The smallest absolute Gasteiger partial charge is 0.191 e. The van der Waals surface area contributed by atoms with Gasteiger partial charge in [0, 0.05) is 36.3 Å². The van der Waals surface area contributed by atoms with Crippen molar-refractivity contribution in [1.82, 2.24) is 15.6 Å². The quantitative estimate of drug-likeness (QED) is 0.655. The van der Waals surface area contributed by atoms with Crippen molar-refractivity contribution in [2.45, 2.75) is 20.0 Å². The van der Waals surface area contributed by atoms with Crippen LogP contribution in [0.1, 0.15) is 15.4 Å². The molecule has 2 N–H and O–H groups in total. The Kier molecular flexibility index (Phi) is 5.58. The number of hydrogen-bond donors (Lipinski definition) is 2. The summed E-state index contributed by atoms with van der Waals surface area (Å²) in [5.41, 5.74) is 1.03. The first kappa shape index (κ1) is 15.8. The topological polar surface area (TPSA) is 52.6 Å². The van der Waals surface area contributed by atoms with Gasteiger partial charge in [-0.05, 0) is 19.1 Å². The van der Waals surface area contributed by atoms with Gasteiger partial charge in [0.15, 0.2) is 11.1 Å². The van der Waals surface area contributed by atoms with Crippen molar-refractivity contribution in [2.75, 3.05) is 26.0 Å². The van der Waals surface area contributed by atoms with Gasteiger partial charge in [-0.3, -0.25) is 4.99 Å². The first-order chi connectivity index (χ1) is 10.1. The molecule has 2 aromatic heterocycles. The largest absolute Gasteiger partial charge is 0.354 e. The van der Waals surface area contributed by atoms with E-state index in [9.17, 15) is 0 Å². The van der Waals surface area contributed by atoms with E-state index >= 15 is 0 Å². The number of anilines is 1. The molecule has 0 amide bonds. The highest BCUT2D eigenvalue weighted by atomic mass is 32.1. The number of nitrogens with one attached hydrogen (secondary N) is 2. The van der Waals surface area contributed by atoms with E-state index in [-0.39, 0.29) is 0 Å². The van der Waals surface area contributed by atoms with Crippen LogP contribution in [0.5, 0.6) is 0 Å². The number of thiophene rings is 1. The van der Waals surface area contributed by atoms with Crippen molar-refractivity contribution in [2.24, 2.45) is 4.99 Å². The van der Waals surface area contributed by atoms with Crippen molar-refractivity contribution >= 4 is 33.8 Å². The third kappa shape index (κ3) is 4.71. The summed E-state index contributed by atoms with van der Waals surface area (Å²) in [6.07, 6.45) is 0. The summed E-state index contributed by atoms with van der Waals surface area (Å²) in [6, 6.07) is 4.28. The minimum Gasteiger partial charge on any atom is -0.354 e. The van der Waals surface area contributed by atoms with Crippen LogP contribution >= 0.6 is 22.7 Å². The molecule has 5 nitrogen and oxygen atoms in total. The first-order valence-corrected chi connectivity index (χ1v) is 8.39. The summed E-state index contributed by atoms with van der Waals surface area (Å²) in [4.78, 5) is 13.4. The van der Waals surface area contributed by atoms with Crippen molar-refractivity contribution in [3.63, 3.8) is 0 Å². The van der Waals surface area contributed by atoms with Crippen molar-refractivity contribution < 1.29 is 0 Å². The predicted octanol–water partition coefficient (Wildman–Crippen LogP) is 2.44. The molecule has 0 saturated carbocycles. The second kappa shape index (κ2) is 7.42. The van der Waals surface area contributed by atoms with Crippen LogP contribution in [0.15, 0.2) is 22.5 Å². The molecule has 0 aromatic carbocycles. The second-order valence-electron chi connectivity index (χ2n) is 4.81. The Balaban J connectivity index is 1.82. The van der Waals surface area contributed by atoms with Crippen LogP contribution in [0.3, 0.4) is 0 Å². The molecule has 2 aromatic rings. The number of rotatable bonds is 5. The van der Waals surface area contributed by atoms with Crippen LogP contribution in [-0.2, 0) is 13.1 Å². The molecule has 2 rings (SSSR count). The lowest BCUT2D eigenvalue weighted by Crippen LogP contribution is -2.36. The molecular formula is C14H21N5S2. The Hall–Kier alpha value is -1.60. The number of hydrogen-bond acceptors (Lipinski definition) is 5. The van der Waals surface area contributed by atoms with Gasteiger partial charge in [-0.15, -0.1) is 22.7 Å². The lowest BCUT2D eigenvalue weighted by atomic mass is 10.4. The molecule has 0 aliphatic carbocycles. The van der Waals surface area contributed by atoms with Crippen LogP contribution in [0, 0.1) is 6.92 Å². The highest BCUT2D eigenvalue weighted by molar-refractivity contribution is 7.13. The molecule has 114 valence electrons. The lowest BCUT2D eigenvalue weighted by molar-refractivity contribution is 0.802. The number of thiazole rings is 1. The monoisotopic (exact) mass is 323 g/mol. The first-order valence-electron chi connectivity index (χ1n) is 6.70. The number of aryl methyl sites for hydroxylation is 1. The van der Waals surface area contributed by atoms with Crippen molar-refractivity contribution in [1.29, 1.82) is 0 Å². The summed E-state index contributed by atoms with van der Waals surface area (Å²) < 4.78 is 0. The van der Waals surface area contributed by atoms with E-state index in [2.05, 4.69) is 45.0 Å². The fraction of sp³-hybridized carbons (Fsp3) is 0.429. The van der Waals surface area contributed by atoms with E-state index in [4.69, 9.17) is 0 Å². The number of aromatic nitrogens is 1. The predicted molar refractivity (Wildman–Crippen MR) is 92.5 cm³/mol. The van der Waals surface area contributed by atoms with Crippen LogP contribution in [0.4, 0.5) is 5.13 Å². The molecule has 21 heavy (non-hydrogen) atoms. The maximum Gasteiger partial charge on any atom is 0.191 e. The van der Waals surface area contributed by atoms with Gasteiger partial charge in [0.05, 0.1) is 18.8 Å². The molecule has 0 saturated heterocycles. The van der Waals surface area contributed by atoms with E-state index in [0.29, 0.717) is 6.54 Å². The third-order valence-corrected chi connectivity index (χ3v) is 4.87. The fourth-order valence-corrected chi connectivity index (χ4v) is 3.32. The summed E-state index contributed by atoms with van der Waals surface area (Å²) in [5.74, 6) is 0.792. The molecule has 0 unspecified atom stereocenters. The average molecular weight is 323 g/mol. The molecule has 0 aliphatic rings. The third-order valence-electron chi connectivity index (χ3n) is 2.81. The Bertz CT molecular complexity index is 600. The highest BCUT2D eigenvalue weighted by Gasteiger charge is 2.05. The normalized spacial score (nSPS) is 11.5. The lowest BCUT2D eigenvalue weighted by Gasteiger charge is -2.10.